The number of halogens is 1. The highest BCUT2D eigenvalue weighted by Gasteiger charge is 2.26. The summed E-state index contributed by atoms with van der Waals surface area (Å²) < 4.78 is 5.43. The molecular formula is C23H24ClN3O2. The van der Waals surface area contributed by atoms with Gasteiger partial charge < -0.3 is 4.52 Å². The molecule has 0 unspecified atom stereocenters. The molecule has 6 heteroatoms. The lowest BCUT2D eigenvalue weighted by Gasteiger charge is -2.30. The van der Waals surface area contributed by atoms with Gasteiger partial charge in [0.15, 0.2) is 0 Å². The summed E-state index contributed by atoms with van der Waals surface area (Å²) in [5.74, 6) is 1.58. The zero-order valence-electron chi connectivity index (χ0n) is 16.3. The summed E-state index contributed by atoms with van der Waals surface area (Å²) in [6.45, 7) is 2.27. The van der Waals surface area contributed by atoms with Crippen LogP contribution in [0.1, 0.15) is 30.7 Å². The van der Waals surface area contributed by atoms with Gasteiger partial charge in [-0.3, -0.25) is 9.69 Å². The van der Waals surface area contributed by atoms with Gasteiger partial charge in [-0.15, -0.1) is 0 Å². The van der Waals surface area contributed by atoms with Crippen molar-refractivity contribution in [2.75, 3.05) is 13.1 Å². The number of ketones is 1. The number of aromatic nitrogens is 2. The van der Waals surface area contributed by atoms with Gasteiger partial charge in [-0.2, -0.15) is 4.98 Å². The maximum Gasteiger partial charge on any atom is 0.241 e. The molecule has 0 aliphatic carbocycles. The first-order chi connectivity index (χ1) is 14.2. The Morgan fingerprint density at radius 2 is 1.93 bits per heavy atom. The molecule has 1 aliphatic rings. The number of rotatable bonds is 7. The van der Waals surface area contributed by atoms with E-state index in [0.717, 1.165) is 37.9 Å². The summed E-state index contributed by atoms with van der Waals surface area (Å²) in [6.07, 6.45) is 3.39. The zero-order valence-corrected chi connectivity index (χ0v) is 17.0. The van der Waals surface area contributed by atoms with Crippen LogP contribution in [0.3, 0.4) is 0 Å². The predicted octanol–water partition coefficient (Wildman–Crippen LogP) is 4.80. The number of Topliss-reactive ketones (excluding diaryl/α,β-unsaturated/α-hetero) is 1. The molecule has 0 radical (unpaired) electrons. The van der Waals surface area contributed by atoms with Gasteiger partial charge in [0, 0.05) is 29.5 Å². The van der Waals surface area contributed by atoms with Crippen molar-refractivity contribution in [1.29, 1.82) is 0 Å². The van der Waals surface area contributed by atoms with Crippen LogP contribution in [0.2, 0.25) is 5.02 Å². The SMILES string of the molecule is O=C(CCc1ccccc1)[C@H]1CCCN(Cc2nc(-c3ccc(Cl)cc3)no2)C1. The number of carbonyl (C=O) groups is 1. The van der Waals surface area contributed by atoms with Gasteiger partial charge >= 0.3 is 0 Å². The molecule has 2 heterocycles. The molecule has 0 amide bonds. The molecule has 1 fully saturated rings. The highest BCUT2D eigenvalue weighted by atomic mass is 35.5. The zero-order chi connectivity index (χ0) is 20.1. The van der Waals surface area contributed by atoms with E-state index in [-0.39, 0.29) is 5.92 Å². The Bertz CT molecular complexity index is 940. The average molecular weight is 410 g/mol. The highest BCUT2D eigenvalue weighted by Crippen LogP contribution is 2.23. The van der Waals surface area contributed by atoms with Crippen molar-refractivity contribution in [2.24, 2.45) is 5.92 Å². The number of likely N-dealkylation sites (tertiary alicyclic amines) is 1. The van der Waals surface area contributed by atoms with Gasteiger partial charge in [-0.05, 0) is 55.6 Å². The first kappa shape index (κ1) is 19.8. The molecule has 1 atom stereocenters. The predicted molar refractivity (Wildman–Crippen MR) is 113 cm³/mol. The Hall–Kier alpha value is -2.50. The van der Waals surface area contributed by atoms with Crippen molar-refractivity contribution < 1.29 is 9.32 Å². The molecule has 29 heavy (non-hydrogen) atoms. The fourth-order valence-corrected chi connectivity index (χ4v) is 3.93. The molecule has 1 aromatic heterocycles. The summed E-state index contributed by atoms with van der Waals surface area (Å²) >= 11 is 5.93. The van der Waals surface area contributed by atoms with Crippen molar-refractivity contribution in [2.45, 2.75) is 32.2 Å². The quantitative estimate of drug-likeness (QED) is 0.560. The van der Waals surface area contributed by atoms with E-state index in [2.05, 4.69) is 27.2 Å². The molecule has 150 valence electrons. The molecule has 0 saturated carbocycles. The van der Waals surface area contributed by atoms with Crippen LogP contribution >= 0.6 is 11.6 Å². The second-order valence-corrected chi connectivity index (χ2v) is 7.98. The second-order valence-electron chi connectivity index (χ2n) is 7.54. The summed E-state index contributed by atoms with van der Waals surface area (Å²) in [5.41, 5.74) is 2.09. The van der Waals surface area contributed by atoms with E-state index in [4.69, 9.17) is 16.1 Å². The van der Waals surface area contributed by atoms with Crippen LogP contribution in [0.4, 0.5) is 0 Å². The fraction of sp³-hybridized carbons (Fsp3) is 0.348. The van der Waals surface area contributed by atoms with Gasteiger partial charge in [0.1, 0.15) is 5.78 Å². The van der Waals surface area contributed by atoms with Crippen molar-refractivity contribution >= 4 is 17.4 Å². The minimum absolute atomic E-state index is 0.0890. The fourth-order valence-electron chi connectivity index (χ4n) is 3.80. The number of hydrogen-bond acceptors (Lipinski definition) is 5. The number of hydrogen-bond donors (Lipinski definition) is 0. The Labute approximate surface area is 175 Å². The maximum absolute atomic E-state index is 12.7. The lowest BCUT2D eigenvalue weighted by Crippen LogP contribution is -2.38. The molecule has 4 rings (SSSR count). The van der Waals surface area contributed by atoms with Gasteiger partial charge in [-0.1, -0.05) is 47.1 Å². The number of nitrogens with zero attached hydrogens (tertiary/aromatic N) is 3. The van der Waals surface area contributed by atoms with Gasteiger partial charge in [-0.25, -0.2) is 0 Å². The summed E-state index contributed by atoms with van der Waals surface area (Å²) in [5, 5.41) is 4.75. The van der Waals surface area contributed by atoms with Crippen LogP contribution in [0.5, 0.6) is 0 Å². The second kappa shape index (κ2) is 9.33. The summed E-state index contributed by atoms with van der Waals surface area (Å²) in [4.78, 5) is 19.4. The van der Waals surface area contributed by atoms with Crippen LogP contribution in [-0.4, -0.2) is 33.9 Å². The van der Waals surface area contributed by atoms with E-state index >= 15 is 0 Å². The Morgan fingerprint density at radius 3 is 2.72 bits per heavy atom. The molecule has 5 nitrogen and oxygen atoms in total. The largest absolute Gasteiger partial charge is 0.338 e. The van der Waals surface area contributed by atoms with E-state index in [1.54, 1.807) is 0 Å². The minimum atomic E-state index is 0.0890. The lowest BCUT2D eigenvalue weighted by atomic mass is 9.90. The molecule has 0 bridgehead atoms. The highest BCUT2D eigenvalue weighted by molar-refractivity contribution is 6.30. The van der Waals surface area contributed by atoms with Gasteiger partial charge in [0.25, 0.3) is 0 Å². The smallest absolute Gasteiger partial charge is 0.241 e. The Balaban J connectivity index is 1.32. The third-order valence-corrected chi connectivity index (χ3v) is 5.65. The van der Waals surface area contributed by atoms with Crippen LogP contribution in [0.15, 0.2) is 59.1 Å². The standard InChI is InChI=1S/C23H24ClN3O2/c24-20-11-9-18(10-12-20)23-25-22(29-26-23)16-27-14-4-7-19(15-27)21(28)13-8-17-5-2-1-3-6-17/h1-3,5-6,9-12,19H,4,7-8,13-16H2/t19-/m0/s1. The van der Waals surface area contributed by atoms with E-state index in [1.807, 2.05) is 42.5 Å². The molecule has 1 saturated heterocycles. The van der Waals surface area contributed by atoms with Crippen molar-refractivity contribution in [3.05, 3.63) is 71.1 Å². The Morgan fingerprint density at radius 1 is 1.14 bits per heavy atom. The molecule has 3 aromatic rings. The van der Waals surface area contributed by atoms with E-state index < -0.39 is 0 Å². The van der Waals surface area contributed by atoms with Crippen LogP contribution in [0.25, 0.3) is 11.4 Å². The molecule has 0 N–H and O–H groups in total. The summed E-state index contributed by atoms with van der Waals surface area (Å²) in [6, 6.07) is 17.6. The number of piperidine rings is 1. The normalized spacial score (nSPS) is 17.3. The Kier molecular flexibility index (Phi) is 6.37. The third-order valence-electron chi connectivity index (χ3n) is 5.39. The van der Waals surface area contributed by atoms with Crippen molar-refractivity contribution in [3.63, 3.8) is 0 Å². The lowest BCUT2D eigenvalue weighted by molar-refractivity contribution is -0.124. The first-order valence-electron chi connectivity index (χ1n) is 10.0. The van der Waals surface area contributed by atoms with Crippen molar-refractivity contribution in [1.82, 2.24) is 15.0 Å². The molecule has 2 aromatic carbocycles. The van der Waals surface area contributed by atoms with E-state index in [9.17, 15) is 4.79 Å². The number of benzene rings is 2. The molecule has 0 spiro atoms. The maximum atomic E-state index is 12.7. The molecule has 1 aliphatic heterocycles. The topological polar surface area (TPSA) is 59.2 Å². The molecular weight excluding hydrogens is 386 g/mol. The van der Waals surface area contributed by atoms with Crippen LogP contribution < -0.4 is 0 Å². The third kappa shape index (κ3) is 5.31. The average Bonchev–Trinajstić information content (AvgIpc) is 3.22. The monoisotopic (exact) mass is 409 g/mol. The number of carbonyl (C=O) groups excluding carboxylic acids is 1. The number of aryl methyl sites for hydroxylation is 1. The van der Waals surface area contributed by atoms with E-state index in [0.29, 0.717) is 35.5 Å². The summed E-state index contributed by atoms with van der Waals surface area (Å²) in [7, 11) is 0. The van der Waals surface area contributed by atoms with Gasteiger partial charge in [0.2, 0.25) is 11.7 Å². The van der Waals surface area contributed by atoms with Crippen LogP contribution in [-0.2, 0) is 17.8 Å². The van der Waals surface area contributed by atoms with E-state index in [1.165, 1.54) is 5.56 Å². The van der Waals surface area contributed by atoms with Gasteiger partial charge in [0.05, 0.1) is 6.54 Å². The minimum Gasteiger partial charge on any atom is -0.338 e. The first-order valence-corrected chi connectivity index (χ1v) is 10.4. The van der Waals surface area contributed by atoms with Crippen LogP contribution in [0, 0.1) is 5.92 Å². The van der Waals surface area contributed by atoms with Crippen molar-refractivity contribution in [3.8, 4) is 11.4 Å².